The Hall–Kier alpha value is -19.1. The van der Waals surface area contributed by atoms with E-state index in [9.17, 15) is 19.2 Å². The third-order valence-corrected chi connectivity index (χ3v) is 23.4. The molecule has 4 fully saturated rings. The van der Waals surface area contributed by atoms with E-state index in [1.807, 2.05) is 134 Å². The smallest absolute Gasteiger partial charge is 0.326 e. The van der Waals surface area contributed by atoms with Gasteiger partial charge in [-0.2, -0.15) is 0 Å². The van der Waals surface area contributed by atoms with Crippen LogP contribution in [0.4, 0.5) is 88.7 Å². The van der Waals surface area contributed by atoms with Crippen molar-refractivity contribution in [2.45, 2.75) is 0 Å². The first-order chi connectivity index (χ1) is 70.9. The lowest BCUT2D eigenvalue weighted by Crippen LogP contribution is -2.36. The number of carbonyl (C=O) groups is 4. The molecule has 12 N–H and O–H groups in total. The molecule has 44 nitrogen and oxygen atoms in total. The summed E-state index contributed by atoms with van der Waals surface area (Å²) in [6.07, 6.45) is 20.1. The van der Waals surface area contributed by atoms with Crippen molar-refractivity contribution in [2.24, 2.45) is 0 Å². The molecule has 0 unspecified atom stereocenters. The molecule has 16 aromatic heterocycles. The van der Waals surface area contributed by atoms with E-state index < -0.39 is 24.1 Å². The van der Waals surface area contributed by atoms with Gasteiger partial charge < -0.3 is 97.8 Å². The standard InChI is InChI=1S/C26H23N7O3.2C25H22N8O3.C24H21N9O3/c34-26(31-24-15-23(32-36-24)18-2-1-8-27-16-18)29-19-5-3-17(4-6-19)22-14-20-21(30-22)7-9-28-25(20)33-10-12-35-13-11-33;34-25(30-21-14-20(32-36-21)17-2-1-8-26-15-17)28-18-5-3-16(4-6-18)23-29-19-7-9-27-24(22(19)31-23)33-10-12-35-13-11-33;34-25(31-22-13-21(32-36-22)17-2-1-7-26-14-17)29-18-5-3-16(4-6-18)20-12-19-23(30-20)27-15-28-24(19)33-8-10-35-11-9-33;34-24(29-19-12-18(32-36-19)16-2-1-7-25-13-16)28-17-5-3-15(4-6-17)21-30-20-22(31-21)26-14-27-23(20)33-8-10-35-11-9-33/h1-9,14-16,30H,10-13H2,(H2,29,31,34);1-9,14-15H,10-13H2,(H,29,31)(H2,28,30,34);1-7,12-15H,8-11H2,(H,27,28,30)(H2,29,31,34);1-7,12-14H,8-11H2,(H2,28,29,34)(H,26,27,30,31). The van der Waals surface area contributed by atoms with Crippen LogP contribution in [0.5, 0.6) is 0 Å². The van der Waals surface area contributed by atoms with E-state index in [0.29, 0.717) is 110 Å². The van der Waals surface area contributed by atoms with E-state index in [4.69, 9.17) is 42.0 Å². The number of H-pyrrole nitrogens is 4. The van der Waals surface area contributed by atoms with Crippen molar-refractivity contribution in [2.75, 3.05) is 167 Å². The highest BCUT2D eigenvalue weighted by Gasteiger charge is 2.26. The lowest BCUT2D eigenvalue weighted by atomic mass is 10.1. The van der Waals surface area contributed by atoms with Gasteiger partial charge in [-0.15, -0.1) is 0 Å². The van der Waals surface area contributed by atoms with Crippen LogP contribution in [0.3, 0.4) is 0 Å². The zero-order valence-corrected chi connectivity index (χ0v) is 76.6. The molecule has 4 aromatic carbocycles. The zero-order valence-electron chi connectivity index (χ0n) is 76.6. The molecule has 0 radical (unpaired) electrons. The Bertz CT molecular complexity index is 6880. The highest BCUT2D eigenvalue weighted by molar-refractivity contribution is 6.03. The average molecular weight is 1930 g/mol. The summed E-state index contributed by atoms with van der Waals surface area (Å²) in [7, 11) is 0. The van der Waals surface area contributed by atoms with Crippen molar-refractivity contribution in [1.82, 2.24) is 100 Å². The SMILES string of the molecule is O=C(Nc1ccc(-c2cc3c(N4CCOCC4)nccc3[nH]2)cc1)Nc1cc(-c2cccnc2)no1.O=C(Nc1ccc(-c2cc3c(N4CCOCC4)ncnc3[nH]2)cc1)Nc1cc(-c2cccnc2)no1.O=C(Nc1ccc(-c2nc3c(N4CCOCC4)nccc3[nH]2)cc1)Nc1cc(-c2cccnc2)no1.O=C(Nc1ccc(-c2nc3ncnc(N4CCOCC4)c3[nH]2)cc1)Nc1cc(-c2cccnc2)no1. The van der Waals surface area contributed by atoms with E-state index in [1.165, 1.54) is 6.33 Å². The Morgan fingerprint density at radius 1 is 0.292 bits per heavy atom. The molecule has 20 aromatic rings. The highest BCUT2D eigenvalue weighted by Crippen LogP contribution is 2.37. The van der Waals surface area contributed by atoms with Crippen LogP contribution in [0, 0.1) is 0 Å². The van der Waals surface area contributed by atoms with Crippen molar-refractivity contribution in [3.63, 3.8) is 0 Å². The average Bonchev–Trinajstić information content (AvgIpc) is 1.65. The van der Waals surface area contributed by atoms with Gasteiger partial charge in [-0.1, -0.05) is 44.9 Å². The van der Waals surface area contributed by atoms with Crippen LogP contribution in [0.2, 0.25) is 0 Å². The Morgan fingerprint density at radius 3 is 1.05 bits per heavy atom. The Morgan fingerprint density at radius 2 is 0.639 bits per heavy atom. The normalized spacial score (nSPS) is 13.6. The number of aromatic amines is 4. The molecule has 20 heterocycles. The predicted molar refractivity (Wildman–Crippen MR) is 539 cm³/mol. The summed E-state index contributed by atoms with van der Waals surface area (Å²) >= 11 is 0. The molecular weight excluding hydrogens is 1840 g/mol. The number of carbonyl (C=O) groups excluding carboxylic acids is 4. The molecule has 0 spiro atoms. The largest absolute Gasteiger partial charge is 0.378 e. The number of imidazole rings is 2. The summed E-state index contributed by atoms with van der Waals surface area (Å²) in [5.74, 6) is 5.87. The van der Waals surface area contributed by atoms with Crippen molar-refractivity contribution in [1.29, 1.82) is 0 Å². The fourth-order valence-corrected chi connectivity index (χ4v) is 16.3. The lowest BCUT2D eigenvalue weighted by Gasteiger charge is -2.28. The molecule has 4 saturated heterocycles. The van der Waals surface area contributed by atoms with Gasteiger partial charge in [-0.05, 0) is 157 Å². The summed E-state index contributed by atoms with van der Waals surface area (Å²) in [4.78, 5) is 125. The van der Waals surface area contributed by atoms with Gasteiger partial charge in [0.2, 0.25) is 23.5 Å². The number of hydrogen-bond donors (Lipinski definition) is 12. The maximum Gasteiger partial charge on any atom is 0.326 e. The van der Waals surface area contributed by atoms with Gasteiger partial charge in [-0.25, -0.2) is 59.0 Å². The molecule has 0 aliphatic carbocycles. The molecule has 0 saturated carbocycles. The van der Waals surface area contributed by atoms with Crippen molar-refractivity contribution < 1.29 is 56.2 Å². The molecule has 0 atom stereocenters. The fourth-order valence-electron chi connectivity index (χ4n) is 16.3. The molecule has 44 heteroatoms. The van der Waals surface area contributed by atoms with Crippen molar-refractivity contribution in [3.8, 4) is 90.3 Å². The predicted octanol–water partition coefficient (Wildman–Crippen LogP) is 16.6. The Kier molecular flexibility index (Phi) is 27.2. The van der Waals surface area contributed by atoms with Crippen molar-refractivity contribution in [3.05, 3.63) is 269 Å². The van der Waals surface area contributed by atoms with Gasteiger partial charge in [0, 0.05) is 211 Å². The third kappa shape index (κ3) is 21.9. The molecule has 24 rings (SSSR count). The van der Waals surface area contributed by atoms with Gasteiger partial charge in [0.05, 0.1) is 69.3 Å². The molecule has 144 heavy (non-hydrogen) atoms. The van der Waals surface area contributed by atoms with Gasteiger partial charge in [-0.3, -0.25) is 41.2 Å². The second-order valence-corrected chi connectivity index (χ2v) is 32.8. The van der Waals surface area contributed by atoms with Gasteiger partial charge in [0.15, 0.2) is 17.3 Å². The number of fused-ring (bicyclic) bond motifs is 4. The van der Waals surface area contributed by atoms with Gasteiger partial charge in [0.25, 0.3) is 0 Å². The third-order valence-electron chi connectivity index (χ3n) is 23.4. The zero-order chi connectivity index (χ0) is 97.3. The second kappa shape index (κ2) is 42.9. The monoisotopic (exact) mass is 1930 g/mol. The second-order valence-electron chi connectivity index (χ2n) is 32.8. The maximum atomic E-state index is 12.4. The number of pyridine rings is 6. The van der Waals surface area contributed by atoms with E-state index in [2.05, 4.69) is 170 Å². The molecule has 0 bridgehead atoms. The molecule has 720 valence electrons. The topological polar surface area (TPSA) is 536 Å². The van der Waals surface area contributed by atoms with Crippen LogP contribution in [-0.2, 0) is 18.9 Å². The van der Waals surface area contributed by atoms with Crippen molar-refractivity contribution >= 4 is 138 Å². The number of nitrogens with zero attached hydrogens (tertiary/aromatic N) is 20. The van der Waals surface area contributed by atoms with E-state index in [-0.39, 0.29) is 23.5 Å². The fraction of sp³-hybridized carbons (Fsp3) is 0.160. The van der Waals surface area contributed by atoms with Gasteiger partial charge >= 0.3 is 24.1 Å². The number of hydrogen-bond acceptors (Lipinski definition) is 32. The first kappa shape index (κ1) is 91.3. The summed E-state index contributed by atoms with van der Waals surface area (Å²) < 4.78 is 42.7. The number of amides is 8. The molecule has 8 amide bonds. The number of ether oxygens (including phenoxy) is 4. The number of rotatable bonds is 20. The van der Waals surface area contributed by atoms with Crippen LogP contribution >= 0.6 is 0 Å². The summed E-state index contributed by atoms with van der Waals surface area (Å²) in [6, 6.07) is 57.4. The number of morpholine rings is 4. The van der Waals surface area contributed by atoms with Crippen LogP contribution < -0.4 is 62.1 Å². The summed E-state index contributed by atoms with van der Waals surface area (Å²) in [5.41, 5.74) is 18.6. The Labute approximate surface area is 816 Å². The Balaban J connectivity index is 0.000000113. The number of urea groups is 4. The van der Waals surface area contributed by atoms with E-state index >= 15 is 0 Å². The maximum absolute atomic E-state index is 12.4. The first-order valence-corrected chi connectivity index (χ1v) is 45.8. The lowest BCUT2D eigenvalue weighted by molar-refractivity contribution is 0.122. The highest BCUT2D eigenvalue weighted by atomic mass is 16.5. The van der Waals surface area contributed by atoms with Crippen LogP contribution in [0.25, 0.3) is 134 Å². The molecule has 4 aliphatic heterocycles. The summed E-state index contributed by atoms with van der Waals surface area (Å²) in [5, 5.41) is 39.7. The molecular formula is C100H88N32O12. The number of nitrogens with one attached hydrogen (secondary N) is 12. The van der Waals surface area contributed by atoms with E-state index in [0.717, 1.165) is 176 Å². The number of anilines is 12. The van der Waals surface area contributed by atoms with E-state index in [1.54, 1.807) is 117 Å². The molecule has 4 aliphatic rings. The van der Waals surface area contributed by atoms with Crippen LogP contribution in [0.1, 0.15) is 0 Å². The minimum Gasteiger partial charge on any atom is -0.378 e. The minimum atomic E-state index is -0.453. The summed E-state index contributed by atoms with van der Waals surface area (Å²) in [6.45, 7) is 11.8. The van der Waals surface area contributed by atoms with Crippen LogP contribution in [0.15, 0.2) is 287 Å². The minimum absolute atomic E-state index is 0.224. The van der Waals surface area contributed by atoms with Gasteiger partial charge in [0.1, 0.15) is 75.4 Å². The first-order valence-electron chi connectivity index (χ1n) is 45.8. The number of benzene rings is 4. The quantitative estimate of drug-likeness (QED) is 0.0337. The van der Waals surface area contributed by atoms with Crippen LogP contribution in [-0.4, -0.2) is 230 Å². The number of aromatic nitrogens is 20.